The van der Waals surface area contributed by atoms with Gasteiger partial charge in [0, 0.05) is 39.9 Å². The molecule has 0 bridgehead atoms. The highest BCUT2D eigenvalue weighted by molar-refractivity contribution is 9.10. The first-order valence-corrected chi connectivity index (χ1v) is 12.3. The van der Waals surface area contributed by atoms with Crippen molar-refractivity contribution in [3.05, 3.63) is 46.4 Å². The Hall–Kier alpha value is -2.87. The van der Waals surface area contributed by atoms with Gasteiger partial charge < -0.3 is 19.7 Å². The third-order valence-corrected chi connectivity index (χ3v) is 6.26. The zero-order valence-corrected chi connectivity index (χ0v) is 21.9. The molecule has 8 heteroatoms. The summed E-state index contributed by atoms with van der Waals surface area (Å²) in [4.78, 5) is 14.4. The van der Waals surface area contributed by atoms with E-state index in [0.717, 1.165) is 56.5 Å². The normalized spacial score (nSPS) is 16.4. The molecule has 34 heavy (non-hydrogen) atoms. The van der Waals surface area contributed by atoms with Gasteiger partial charge >= 0.3 is 6.09 Å². The summed E-state index contributed by atoms with van der Waals surface area (Å²) >= 11 is 3.50. The van der Waals surface area contributed by atoms with Gasteiger partial charge in [-0.05, 0) is 64.8 Å². The highest BCUT2D eigenvalue weighted by atomic mass is 79.9. The molecule has 0 radical (unpaired) electrons. The number of nitrogens with zero attached hydrogens (tertiary/aromatic N) is 3. The number of methoxy groups -OCH3 is 1. The van der Waals surface area contributed by atoms with Gasteiger partial charge in [-0.1, -0.05) is 33.6 Å². The molecule has 1 saturated heterocycles. The van der Waals surface area contributed by atoms with Gasteiger partial charge in [0.25, 0.3) is 0 Å². The molecule has 0 aliphatic carbocycles. The minimum absolute atomic E-state index is 0.0624. The first-order valence-electron chi connectivity index (χ1n) is 11.5. The monoisotopic (exact) mass is 526 g/mol. The Bertz CT molecular complexity index is 1210. The van der Waals surface area contributed by atoms with Crippen LogP contribution in [0.25, 0.3) is 22.0 Å². The Morgan fingerprint density at radius 1 is 1.15 bits per heavy atom. The lowest BCUT2D eigenvalue weighted by Crippen LogP contribution is -2.47. The number of amides is 1. The van der Waals surface area contributed by atoms with E-state index in [4.69, 9.17) is 9.47 Å². The first-order chi connectivity index (χ1) is 16.1. The number of fused-ring (bicyclic) bond motifs is 1. The number of carbonyl (C=O) groups excluding carboxylic acids is 1. The summed E-state index contributed by atoms with van der Waals surface area (Å²) < 4.78 is 12.1. The molecule has 7 nitrogen and oxygen atoms in total. The van der Waals surface area contributed by atoms with Crippen molar-refractivity contribution in [2.24, 2.45) is 0 Å². The van der Waals surface area contributed by atoms with Crippen LogP contribution >= 0.6 is 15.9 Å². The summed E-state index contributed by atoms with van der Waals surface area (Å²) in [5.74, 6) is 1.45. The van der Waals surface area contributed by atoms with Gasteiger partial charge in [0.1, 0.15) is 17.0 Å². The van der Waals surface area contributed by atoms with Gasteiger partial charge in [-0.15, -0.1) is 10.2 Å². The molecule has 1 N–H and O–H groups in total. The smallest absolute Gasteiger partial charge is 0.410 e. The second-order valence-electron chi connectivity index (χ2n) is 9.70. The van der Waals surface area contributed by atoms with Crippen molar-refractivity contribution >= 4 is 38.6 Å². The number of rotatable bonds is 4. The number of benzene rings is 2. The van der Waals surface area contributed by atoms with Gasteiger partial charge in [0.05, 0.1) is 7.11 Å². The number of anilines is 1. The van der Waals surface area contributed by atoms with E-state index in [-0.39, 0.29) is 12.1 Å². The standard InChI is InChI=1S/C26H31BrN4O3/c1-16-8-10-19-21(13-16)24(30-29-23(19)20-11-9-17(27)14-22(20)33-5)28-18-7-6-12-31(15-18)25(32)34-26(2,3)4/h8-11,13-14,18H,6-7,12,15H2,1-5H3,(H,28,30)/t18-/m1/s1. The lowest BCUT2D eigenvalue weighted by atomic mass is 10.0. The molecule has 4 rings (SSSR count). The average molecular weight is 527 g/mol. The molecule has 2 aromatic carbocycles. The molecular weight excluding hydrogens is 496 g/mol. The number of piperidine rings is 1. The van der Waals surface area contributed by atoms with Gasteiger partial charge in [-0.25, -0.2) is 4.79 Å². The number of ether oxygens (including phenoxy) is 2. The molecule has 0 saturated carbocycles. The maximum atomic E-state index is 12.6. The molecule has 180 valence electrons. The maximum Gasteiger partial charge on any atom is 0.410 e. The fourth-order valence-electron chi connectivity index (χ4n) is 4.22. The molecular formula is C26H31BrN4O3. The van der Waals surface area contributed by atoms with Gasteiger partial charge in [0.2, 0.25) is 0 Å². The van der Waals surface area contributed by atoms with Crippen LogP contribution in [0.1, 0.15) is 39.2 Å². The predicted octanol–water partition coefficient (Wildman–Crippen LogP) is 6.19. The third-order valence-electron chi connectivity index (χ3n) is 5.77. The van der Waals surface area contributed by atoms with Crippen LogP contribution in [0.2, 0.25) is 0 Å². The third kappa shape index (κ3) is 5.43. The van der Waals surface area contributed by atoms with Gasteiger partial charge in [-0.2, -0.15) is 0 Å². The summed E-state index contributed by atoms with van der Waals surface area (Å²) in [6.45, 7) is 8.98. The summed E-state index contributed by atoms with van der Waals surface area (Å²) in [7, 11) is 1.65. The number of likely N-dealkylation sites (tertiary alicyclic amines) is 1. The predicted molar refractivity (Wildman–Crippen MR) is 138 cm³/mol. The van der Waals surface area contributed by atoms with Crippen LogP contribution in [-0.2, 0) is 4.74 Å². The topological polar surface area (TPSA) is 76.6 Å². The van der Waals surface area contributed by atoms with Gasteiger partial charge in [-0.3, -0.25) is 0 Å². The molecule has 1 aliphatic heterocycles. The van der Waals surface area contributed by atoms with E-state index in [1.54, 1.807) is 12.0 Å². The number of carbonyl (C=O) groups is 1. The van der Waals surface area contributed by atoms with Crippen LogP contribution in [-0.4, -0.2) is 53.0 Å². The van der Waals surface area contributed by atoms with E-state index < -0.39 is 5.60 Å². The van der Waals surface area contributed by atoms with E-state index in [1.165, 1.54) is 0 Å². The van der Waals surface area contributed by atoms with Crippen molar-refractivity contribution in [1.29, 1.82) is 0 Å². The number of nitrogens with one attached hydrogen (secondary N) is 1. The van der Waals surface area contributed by atoms with Crippen molar-refractivity contribution < 1.29 is 14.3 Å². The average Bonchev–Trinajstić information content (AvgIpc) is 2.78. The quantitative estimate of drug-likeness (QED) is 0.436. The van der Waals surface area contributed by atoms with E-state index in [0.29, 0.717) is 13.1 Å². The number of hydrogen-bond donors (Lipinski definition) is 1. The summed E-state index contributed by atoms with van der Waals surface area (Å²) in [6.07, 6.45) is 1.56. The van der Waals surface area contributed by atoms with E-state index in [1.807, 2.05) is 39.0 Å². The van der Waals surface area contributed by atoms with Crippen LogP contribution in [0.5, 0.6) is 5.75 Å². The molecule has 3 aromatic rings. The van der Waals surface area contributed by atoms with Crippen molar-refractivity contribution in [3.63, 3.8) is 0 Å². The summed E-state index contributed by atoms with van der Waals surface area (Å²) in [6, 6.07) is 12.2. The highest BCUT2D eigenvalue weighted by Crippen LogP contribution is 2.37. The van der Waals surface area contributed by atoms with Crippen molar-refractivity contribution in [2.45, 2.75) is 52.2 Å². The van der Waals surface area contributed by atoms with Gasteiger partial charge in [0.15, 0.2) is 5.82 Å². The van der Waals surface area contributed by atoms with E-state index in [2.05, 4.69) is 56.6 Å². The maximum absolute atomic E-state index is 12.6. The fraction of sp³-hybridized carbons (Fsp3) is 0.423. The molecule has 2 heterocycles. The van der Waals surface area contributed by atoms with Crippen LogP contribution in [0.15, 0.2) is 40.9 Å². The Morgan fingerprint density at radius 2 is 1.94 bits per heavy atom. The second-order valence-corrected chi connectivity index (χ2v) is 10.6. The number of aromatic nitrogens is 2. The molecule has 1 aliphatic rings. The van der Waals surface area contributed by atoms with Crippen molar-refractivity contribution in [1.82, 2.24) is 15.1 Å². The van der Waals surface area contributed by atoms with Crippen LogP contribution in [0, 0.1) is 6.92 Å². The number of aryl methyl sites for hydroxylation is 1. The second kappa shape index (κ2) is 9.78. The molecule has 1 amide bonds. The number of hydrogen-bond acceptors (Lipinski definition) is 6. The lowest BCUT2D eigenvalue weighted by molar-refractivity contribution is 0.0206. The van der Waals surface area contributed by atoms with Crippen LogP contribution in [0.4, 0.5) is 10.6 Å². The zero-order valence-electron chi connectivity index (χ0n) is 20.3. The van der Waals surface area contributed by atoms with Crippen LogP contribution in [0.3, 0.4) is 0 Å². The lowest BCUT2D eigenvalue weighted by Gasteiger charge is -2.34. The Kier molecular flexibility index (Phi) is 6.98. The SMILES string of the molecule is COc1cc(Br)ccc1-c1nnc(N[C@@H]2CCCN(C(=O)OC(C)(C)C)C2)c2cc(C)ccc12. The van der Waals surface area contributed by atoms with E-state index >= 15 is 0 Å². The first kappa shape index (κ1) is 24.3. The minimum Gasteiger partial charge on any atom is -0.496 e. The Balaban J connectivity index is 1.65. The molecule has 1 aromatic heterocycles. The van der Waals surface area contributed by atoms with Crippen LogP contribution < -0.4 is 10.1 Å². The summed E-state index contributed by atoms with van der Waals surface area (Å²) in [5, 5.41) is 14.7. The molecule has 1 fully saturated rings. The largest absolute Gasteiger partial charge is 0.496 e. The summed E-state index contributed by atoms with van der Waals surface area (Å²) in [5.41, 5.74) is 2.27. The number of halogens is 1. The highest BCUT2D eigenvalue weighted by Gasteiger charge is 2.28. The molecule has 0 unspecified atom stereocenters. The van der Waals surface area contributed by atoms with E-state index in [9.17, 15) is 4.79 Å². The Morgan fingerprint density at radius 3 is 2.68 bits per heavy atom. The Labute approximate surface area is 209 Å². The zero-order chi connectivity index (χ0) is 24.5. The minimum atomic E-state index is -0.513. The fourth-order valence-corrected chi connectivity index (χ4v) is 4.56. The molecule has 1 atom stereocenters. The van der Waals surface area contributed by atoms with Crippen molar-refractivity contribution in [3.8, 4) is 17.0 Å². The molecule has 0 spiro atoms. The van der Waals surface area contributed by atoms with Crippen molar-refractivity contribution in [2.75, 3.05) is 25.5 Å².